The van der Waals surface area contributed by atoms with Crippen LogP contribution < -0.4 is 4.90 Å². The lowest BCUT2D eigenvalue weighted by atomic mass is 10.2. The second-order valence-electron chi connectivity index (χ2n) is 7.03. The van der Waals surface area contributed by atoms with Gasteiger partial charge in [0.05, 0.1) is 18.8 Å². The molecule has 8 heteroatoms. The molecule has 142 valence electrons. The normalized spacial score (nSPS) is 20.1. The van der Waals surface area contributed by atoms with Crippen molar-refractivity contribution in [1.82, 2.24) is 24.8 Å². The minimum Gasteiger partial charge on any atom is -0.368 e. The molecule has 2 fully saturated rings. The van der Waals surface area contributed by atoms with E-state index in [4.69, 9.17) is 9.72 Å². The summed E-state index contributed by atoms with van der Waals surface area (Å²) in [5.74, 6) is 1.26. The minimum atomic E-state index is -0.254. The molecular weight excluding hydrogens is 344 g/mol. The van der Waals surface area contributed by atoms with E-state index < -0.39 is 0 Å². The highest BCUT2D eigenvalue weighted by Gasteiger charge is 2.28. The van der Waals surface area contributed by atoms with Gasteiger partial charge in [0.2, 0.25) is 5.95 Å². The van der Waals surface area contributed by atoms with E-state index in [1.165, 1.54) is 12.8 Å². The minimum absolute atomic E-state index is 0.0919. The smallest absolute Gasteiger partial charge is 0.272 e. The van der Waals surface area contributed by atoms with Crippen molar-refractivity contribution in [2.24, 2.45) is 0 Å². The topological polar surface area (TPSA) is 84.3 Å². The molecule has 0 unspecified atom stereocenters. The van der Waals surface area contributed by atoms with Gasteiger partial charge < -0.3 is 14.5 Å². The number of aromatic nitrogens is 4. The second-order valence-corrected chi connectivity index (χ2v) is 7.03. The fourth-order valence-corrected chi connectivity index (χ4v) is 3.61. The van der Waals surface area contributed by atoms with E-state index in [1.807, 2.05) is 13.0 Å². The molecule has 4 rings (SSSR count). The summed E-state index contributed by atoms with van der Waals surface area (Å²) in [6.07, 6.45) is 3.87. The lowest BCUT2D eigenvalue weighted by molar-refractivity contribution is -0.0249. The molecule has 2 aromatic heterocycles. The highest BCUT2D eigenvalue weighted by atomic mass is 16.5. The third-order valence-corrected chi connectivity index (χ3v) is 4.92. The lowest BCUT2D eigenvalue weighted by Crippen LogP contribution is -2.43. The Morgan fingerprint density at radius 2 is 1.96 bits per heavy atom. The summed E-state index contributed by atoms with van der Waals surface area (Å²) in [5.41, 5.74) is 2.04. The van der Waals surface area contributed by atoms with Gasteiger partial charge in [0.25, 0.3) is 5.91 Å². The first-order valence-corrected chi connectivity index (χ1v) is 9.41. The van der Waals surface area contributed by atoms with Gasteiger partial charge in [-0.1, -0.05) is 0 Å². The van der Waals surface area contributed by atoms with Crippen molar-refractivity contribution in [3.63, 3.8) is 0 Å². The van der Waals surface area contributed by atoms with Crippen molar-refractivity contribution in [1.29, 1.82) is 0 Å². The van der Waals surface area contributed by atoms with Crippen molar-refractivity contribution in [2.75, 3.05) is 37.7 Å². The number of morpholine rings is 1. The maximum atomic E-state index is 12.9. The molecule has 0 aliphatic carbocycles. The van der Waals surface area contributed by atoms with Crippen LogP contribution in [-0.2, 0) is 4.74 Å². The monoisotopic (exact) mass is 368 g/mol. The quantitative estimate of drug-likeness (QED) is 0.815. The summed E-state index contributed by atoms with van der Waals surface area (Å²) >= 11 is 0. The number of hydrogen-bond donors (Lipinski definition) is 0. The Hall–Kier alpha value is -2.61. The standard InChI is InChI=1S/C19H24N6O2/c1-13-11-16(22-14(2)21-13)18(26)25-9-10-27-17(12-25)15-5-6-20-19(23-15)24-7-3-4-8-24/h5-6,11,17H,3-4,7-10,12H2,1-2H3/t17-/m0/s1. The zero-order valence-electron chi connectivity index (χ0n) is 15.8. The van der Waals surface area contributed by atoms with Gasteiger partial charge in [-0.2, -0.15) is 0 Å². The summed E-state index contributed by atoms with van der Waals surface area (Å²) in [6, 6.07) is 3.60. The maximum absolute atomic E-state index is 12.9. The number of carbonyl (C=O) groups excluding carboxylic acids is 1. The third kappa shape index (κ3) is 3.90. The van der Waals surface area contributed by atoms with E-state index >= 15 is 0 Å². The Balaban J connectivity index is 1.51. The van der Waals surface area contributed by atoms with Gasteiger partial charge in [-0.05, 0) is 38.8 Å². The Bertz CT molecular complexity index is 816. The second kappa shape index (κ2) is 7.56. The number of ether oxygens (including phenoxy) is 1. The van der Waals surface area contributed by atoms with Crippen LogP contribution >= 0.6 is 0 Å². The van der Waals surface area contributed by atoms with Gasteiger partial charge in [0, 0.05) is 31.5 Å². The van der Waals surface area contributed by atoms with E-state index in [0.717, 1.165) is 30.4 Å². The highest BCUT2D eigenvalue weighted by molar-refractivity contribution is 5.92. The number of hydrogen-bond acceptors (Lipinski definition) is 7. The first-order chi connectivity index (χ1) is 13.1. The van der Waals surface area contributed by atoms with Crippen LogP contribution in [0.15, 0.2) is 18.3 Å². The summed E-state index contributed by atoms with van der Waals surface area (Å²) in [5, 5.41) is 0. The van der Waals surface area contributed by atoms with Gasteiger partial charge in [0.15, 0.2) is 0 Å². The van der Waals surface area contributed by atoms with Crippen molar-refractivity contribution in [2.45, 2.75) is 32.8 Å². The zero-order chi connectivity index (χ0) is 18.8. The van der Waals surface area contributed by atoms with Crippen LogP contribution in [0.2, 0.25) is 0 Å². The van der Waals surface area contributed by atoms with E-state index in [9.17, 15) is 4.79 Å². The average molecular weight is 368 g/mol. The van der Waals surface area contributed by atoms with Crippen LogP contribution in [0.3, 0.4) is 0 Å². The van der Waals surface area contributed by atoms with Crippen LogP contribution in [-0.4, -0.2) is 63.5 Å². The molecule has 2 saturated heterocycles. The van der Waals surface area contributed by atoms with Gasteiger partial charge in [-0.15, -0.1) is 0 Å². The molecule has 0 N–H and O–H groups in total. The first-order valence-electron chi connectivity index (χ1n) is 9.41. The lowest BCUT2D eigenvalue weighted by Gasteiger charge is -2.32. The molecule has 2 aliphatic heterocycles. The largest absolute Gasteiger partial charge is 0.368 e. The predicted molar refractivity (Wildman–Crippen MR) is 99.6 cm³/mol. The molecule has 0 saturated carbocycles. The predicted octanol–water partition coefficient (Wildman–Crippen LogP) is 1.70. The molecule has 0 bridgehead atoms. The van der Waals surface area contributed by atoms with Gasteiger partial charge in [-0.3, -0.25) is 4.79 Å². The van der Waals surface area contributed by atoms with E-state index in [2.05, 4.69) is 19.9 Å². The summed E-state index contributed by atoms with van der Waals surface area (Å²) in [4.78, 5) is 34.5. The van der Waals surface area contributed by atoms with E-state index in [-0.39, 0.29) is 12.0 Å². The highest BCUT2D eigenvalue weighted by Crippen LogP contribution is 2.24. The Morgan fingerprint density at radius 3 is 2.74 bits per heavy atom. The van der Waals surface area contributed by atoms with Crippen LogP contribution in [0.5, 0.6) is 0 Å². The SMILES string of the molecule is Cc1cc(C(=O)N2CCO[C@H](c3ccnc(N4CCCC4)n3)C2)nc(C)n1. The molecule has 0 spiro atoms. The molecule has 0 aromatic carbocycles. The number of rotatable bonds is 3. The number of nitrogens with zero attached hydrogens (tertiary/aromatic N) is 6. The average Bonchev–Trinajstić information content (AvgIpc) is 3.22. The molecular formula is C19H24N6O2. The van der Waals surface area contributed by atoms with Crippen molar-refractivity contribution in [3.8, 4) is 0 Å². The summed E-state index contributed by atoms with van der Waals surface area (Å²) < 4.78 is 5.91. The Kier molecular flexibility index (Phi) is 4.98. The molecule has 4 heterocycles. The van der Waals surface area contributed by atoms with E-state index in [0.29, 0.717) is 31.2 Å². The molecule has 1 atom stereocenters. The number of aryl methyl sites for hydroxylation is 2. The van der Waals surface area contributed by atoms with Crippen molar-refractivity contribution < 1.29 is 9.53 Å². The van der Waals surface area contributed by atoms with Gasteiger partial charge >= 0.3 is 0 Å². The summed E-state index contributed by atoms with van der Waals surface area (Å²) in [6.45, 7) is 7.13. The molecule has 2 aliphatic rings. The number of anilines is 1. The molecule has 0 radical (unpaired) electrons. The van der Waals surface area contributed by atoms with Crippen LogP contribution in [0.1, 0.15) is 46.6 Å². The molecule has 1 amide bonds. The first kappa shape index (κ1) is 17.8. The summed E-state index contributed by atoms with van der Waals surface area (Å²) in [7, 11) is 0. The Labute approximate surface area is 158 Å². The maximum Gasteiger partial charge on any atom is 0.272 e. The van der Waals surface area contributed by atoms with Crippen LogP contribution in [0.25, 0.3) is 0 Å². The van der Waals surface area contributed by atoms with Crippen molar-refractivity contribution >= 4 is 11.9 Å². The van der Waals surface area contributed by atoms with Gasteiger partial charge in [0.1, 0.15) is 17.6 Å². The fourth-order valence-electron chi connectivity index (χ4n) is 3.61. The van der Waals surface area contributed by atoms with E-state index in [1.54, 1.807) is 24.1 Å². The number of amides is 1. The van der Waals surface area contributed by atoms with Gasteiger partial charge in [-0.25, -0.2) is 19.9 Å². The molecule has 27 heavy (non-hydrogen) atoms. The zero-order valence-corrected chi connectivity index (χ0v) is 15.8. The Morgan fingerprint density at radius 1 is 1.15 bits per heavy atom. The molecule has 8 nitrogen and oxygen atoms in total. The van der Waals surface area contributed by atoms with Crippen LogP contribution in [0.4, 0.5) is 5.95 Å². The van der Waals surface area contributed by atoms with Crippen molar-refractivity contribution in [3.05, 3.63) is 41.2 Å². The third-order valence-electron chi connectivity index (χ3n) is 4.92. The fraction of sp³-hybridized carbons (Fsp3) is 0.526. The molecule has 2 aromatic rings. The van der Waals surface area contributed by atoms with Crippen LogP contribution in [0, 0.1) is 13.8 Å². The number of carbonyl (C=O) groups is 1.